The highest BCUT2D eigenvalue weighted by Gasteiger charge is 2.22. The van der Waals surface area contributed by atoms with Crippen molar-refractivity contribution in [2.45, 2.75) is 38.2 Å². The van der Waals surface area contributed by atoms with E-state index in [1.54, 1.807) is 7.05 Å². The van der Waals surface area contributed by atoms with Gasteiger partial charge in [-0.25, -0.2) is 8.78 Å². The molecule has 0 aromatic rings. The Labute approximate surface area is 71.8 Å². The second-order valence-corrected chi connectivity index (χ2v) is 3.13. The van der Waals surface area contributed by atoms with Crippen LogP contribution in [0.1, 0.15) is 25.7 Å². The lowest BCUT2D eigenvalue weighted by molar-refractivity contribution is 0.114. The minimum absolute atomic E-state index is 0.717. The Bertz CT molecular complexity index is 166. The van der Waals surface area contributed by atoms with Gasteiger partial charge in [0.05, 0.1) is 6.04 Å². The van der Waals surface area contributed by atoms with E-state index >= 15 is 0 Å². The third kappa shape index (κ3) is 2.27. The Hall–Kier alpha value is -0.440. The third-order valence-electron chi connectivity index (χ3n) is 2.29. The first kappa shape index (κ1) is 9.65. The van der Waals surface area contributed by atoms with Crippen LogP contribution < -0.4 is 5.32 Å². The van der Waals surface area contributed by atoms with Gasteiger partial charge in [0.25, 0.3) is 6.43 Å². The minimum Gasteiger partial charge on any atom is -0.309 e. The largest absolute Gasteiger partial charge is 0.309 e. The number of likely N-dealkylation sites (N-methyl/N-ethyl adjacent to an activating group) is 1. The standard InChI is InChI=1S/C9H15F2N/c1-12-8(9(10)11)7-5-3-2-4-6-7/h5,8-9,12H,2-4,6H2,1H3. The summed E-state index contributed by atoms with van der Waals surface area (Å²) >= 11 is 0. The molecule has 1 rings (SSSR count). The van der Waals surface area contributed by atoms with Crippen LogP contribution in [-0.4, -0.2) is 19.5 Å². The smallest absolute Gasteiger partial charge is 0.257 e. The Morgan fingerprint density at radius 2 is 2.17 bits per heavy atom. The lowest BCUT2D eigenvalue weighted by Crippen LogP contribution is -2.35. The highest BCUT2D eigenvalue weighted by atomic mass is 19.3. The maximum atomic E-state index is 12.4. The number of halogens is 2. The average molecular weight is 175 g/mol. The van der Waals surface area contributed by atoms with Crippen molar-refractivity contribution in [3.63, 3.8) is 0 Å². The molecule has 1 aliphatic rings. The Morgan fingerprint density at radius 1 is 1.42 bits per heavy atom. The molecule has 0 saturated carbocycles. The van der Waals surface area contributed by atoms with Gasteiger partial charge in [-0.2, -0.15) is 0 Å². The van der Waals surface area contributed by atoms with E-state index in [0.717, 1.165) is 31.3 Å². The van der Waals surface area contributed by atoms with Crippen LogP contribution in [0.4, 0.5) is 8.78 Å². The predicted octanol–water partition coefficient (Wildman–Crippen LogP) is 2.34. The molecule has 0 fully saturated rings. The van der Waals surface area contributed by atoms with E-state index in [1.165, 1.54) is 0 Å². The van der Waals surface area contributed by atoms with Crippen molar-refractivity contribution in [3.05, 3.63) is 11.6 Å². The molecule has 1 unspecified atom stereocenters. The first-order chi connectivity index (χ1) is 5.75. The van der Waals surface area contributed by atoms with Gasteiger partial charge in [0.2, 0.25) is 0 Å². The Kier molecular flexibility index (Phi) is 3.66. The fourth-order valence-electron chi connectivity index (χ4n) is 1.62. The van der Waals surface area contributed by atoms with Crippen molar-refractivity contribution >= 4 is 0 Å². The molecular formula is C9H15F2N. The summed E-state index contributed by atoms with van der Waals surface area (Å²) < 4.78 is 24.8. The van der Waals surface area contributed by atoms with Gasteiger partial charge in [0.15, 0.2) is 0 Å². The summed E-state index contributed by atoms with van der Waals surface area (Å²) in [6.07, 6.45) is 3.66. The molecule has 1 N–H and O–H groups in total. The number of hydrogen-bond donors (Lipinski definition) is 1. The molecule has 1 aliphatic carbocycles. The first-order valence-corrected chi connectivity index (χ1v) is 4.40. The number of allylic oxidation sites excluding steroid dienone is 1. The maximum Gasteiger partial charge on any atom is 0.257 e. The van der Waals surface area contributed by atoms with Gasteiger partial charge < -0.3 is 5.32 Å². The summed E-state index contributed by atoms with van der Waals surface area (Å²) in [4.78, 5) is 0. The zero-order chi connectivity index (χ0) is 8.97. The highest BCUT2D eigenvalue weighted by molar-refractivity contribution is 5.13. The Morgan fingerprint density at radius 3 is 2.58 bits per heavy atom. The van der Waals surface area contributed by atoms with E-state index in [-0.39, 0.29) is 0 Å². The molecule has 12 heavy (non-hydrogen) atoms. The molecule has 0 amide bonds. The summed E-state index contributed by atoms with van der Waals surface area (Å²) in [6, 6.07) is -0.717. The SMILES string of the molecule is CNC(C1=CCCCC1)C(F)F. The number of hydrogen-bond acceptors (Lipinski definition) is 1. The molecule has 0 bridgehead atoms. The van der Waals surface area contributed by atoms with Gasteiger partial charge in [-0.3, -0.25) is 0 Å². The molecule has 0 heterocycles. The molecule has 3 heteroatoms. The third-order valence-corrected chi connectivity index (χ3v) is 2.29. The minimum atomic E-state index is -2.28. The fraction of sp³-hybridized carbons (Fsp3) is 0.778. The number of nitrogens with one attached hydrogen (secondary N) is 1. The van der Waals surface area contributed by atoms with Crippen LogP contribution in [0.25, 0.3) is 0 Å². The predicted molar refractivity (Wildman–Crippen MR) is 45.4 cm³/mol. The van der Waals surface area contributed by atoms with Crippen LogP contribution in [0, 0.1) is 0 Å². The zero-order valence-corrected chi connectivity index (χ0v) is 7.32. The molecule has 0 saturated heterocycles. The molecule has 0 radical (unpaired) electrons. The van der Waals surface area contributed by atoms with Crippen LogP contribution in [0.15, 0.2) is 11.6 Å². The van der Waals surface area contributed by atoms with Gasteiger partial charge in [-0.1, -0.05) is 11.6 Å². The summed E-state index contributed by atoms with van der Waals surface area (Å²) in [5, 5.41) is 2.65. The Balaban J connectivity index is 2.57. The van der Waals surface area contributed by atoms with E-state index in [1.807, 2.05) is 6.08 Å². The van der Waals surface area contributed by atoms with Crippen LogP contribution in [-0.2, 0) is 0 Å². The molecule has 0 aromatic carbocycles. The molecular weight excluding hydrogens is 160 g/mol. The molecule has 0 aliphatic heterocycles. The molecule has 0 aromatic heterocycles. The highest BCUT2D eigenvalue weighted by Crippen LogP contribution is 2.23. The fourth-order valence-corrected chi connectivity index (χ4v) is 1.62. The van der Waals surface area contributed by atoms with Crippen LogP contribution in [0.3, 0.4) is 0 Å². The van der Waals surface area contributed by atoms with Crippen LogP contribution >= 0.6 is 0 Å². The topological polar surface area (TPSA) is 12.0 Å². The van der Waals surface area contributed by atoms with E-state index in [9.17, 15) is 8.78 Å². The van der Waals surface area contributed by atoms with Gasteiger partial charge >= 0.3 is 0 Å². The summed E-state index contributed by atoms with van der Waals surface area (Å²) in [5.41, 5.74) is 0.888. The monoisotopic (exact) mass is 175 g/mol. The van der Waals surface area contributed by atoms with Gasteiger partial charge in [0, 0.05) is 0 Å². The quantitative estimate of drug-likeness (QED) is 0.649. The van der Waals surface area contributed by atoms with E-state index in [4.69, 9.17) is 0 Å². The molecule has 70 valence electrons. The summed E-state index contributed by atoms with van der Waals surface area (Å²) in [5.74, 6) is 0. The van der Waals surface area contributed by atoms with E-state index in [0.29, 0.717) is 0 Å². The lowest BCUT2D eigenvalue weighted by atomic mass is 9.94. The van der Waals surface area contributed by atoms with Crippen molar-refractivity contribution in [1.82, 2.24) is 5.32 Å². The molecule has 1 nitrogen and oxygen atoms in total. The van der Waals surface area contributed by atoms with Crippen LogP contribution in [0.2, 0.25) is 0 Å². The summed E-state index contributed by atoms with van der Waals surface area (Å²) in [6.45, 7) is 0. The summed E-state index contributed by atoms with van der Waals surface area (Å²) in [7, 11) is 1.59. The average Bonchev–Trinajstić information content (AvgIpc) is 2.07. The number of alkyl halides is 2. The van der Waals surface area contributed by atoms with Gasteiger partial charge in [0.1, 0.15) is 0 Å². The maximum absolute atomic E-state index is 12.4. The van der Waals surface area contributed by atoms with Crippen molar-refractivity contribution in [2.24, 2.45) is 0 Å². The second-order valence-electron chi connectivity index (χ2n) is 3.13. The normalized spacial score (nSPS) is 20.8. The van der Waals surface area contributed by atoms with E-state index < -0.39 is 12.5 Å². The van der Waals surface area contributed by atoms with E-state index in [2.05, 4.69) is 5.32 Å². The van der Waals surface area contributed by atoms with Gasteiger partial charge in [-0.05, 0) is 32.7 Å². The van der Waals surface area contributed by atoms with Crippen molar-refractivity contribution in [1.29, 1.82) is 0 Å². The number of rotatable bonds is 3. The van der Waals surface area contributed by atoms with Crippen molar-refractivity contribution < 1.29 is 8.78 Å². The lowest BCUT2D eigenvalue weighted by Gasteiger charge is -2.21. The van der Waals surface area contributed by atoms with Crippen molar-refractivity contribution in [3.8, 4) is 0 Å². The first-order valence-electron chi connectivity index (χ1n) is 4.40. The molecule has 0 spiro atoms. The zero-order valence-electron chi connectivity index (χ0n) is 7.32. The van der Waals surface area contributed by atoms with Crippen molar-refractivity contribution in [2.75, 3.05) is 7.05 Å². The molecule has 1 atom stereocenters. The van der Waals surface area contributed by atoms with Gasteiger partial charge in [-0.15, -0.1) is 0 Å². The second kappa shape index (κ2) is 4.55. The van der Waals surface area contributed by atoms with Crippen LogP contribution in [0.5, 0.6) is 0 Å².